The molecule has 0 atom stereocenters. The van der Waals surface area contributed by atoms with Crippen molar-refractivity contribution in [3.8, 4) is 0 Å². The SMILES string of the molecule is Cc1c(C(=O)Nc2cc(Cl)ccc2Cl)nnn1CC(=O)Nc1ccccc1C(F)(F)F. The summed E-state index contributed by atoms with van der Waals surface area (Å²) >= 11 is 11.9. The molecule has 1 heterocycles. The standard InChI is InChI=1S/C19H14Cl2F3N5O2/c1-10-17(18(31)26-15-8-11(20)6-7-13(15)21)27-28-29(10)9-16(30)25-14-5-3-2-4-12(14)19(22,23)24/h2-8H,9H2,1H3,(H,25,30)(H,26,31). The van der Waals surface area contributed by atoms with E-state index in [0.29, 0.717) is 5.02 Å². The quantitative estimate of drug-likeness (QED) is 0.559. The minimum absolute atomic E-state index is 0.0838. The smallest absolute Gasteiger partial charge is 0.324 e. The van der Waals surface area contributed by atoms with E-state index in [1.807, 2.05) is 0 Å². The zero-order valence-electron chi connectivity index (χ0n) is 15.8. The number of carbonyl (C=O) groups is 2. The molecule has 1 aromatic heterocycles. The highest BCUT2D eigenvalue weighted by molar-refractivity contribution is 6.35. The molecule has 162 valence electrons. The van der Waals surface area contributed by atoms with Crippen LogP contribution in [0.3, 0.4) is 0 Å². The first kappa shape index (κ1) is 22.6. The summed E-state index contributed by atoms with van der Waals surface area (Å²) < 4.78 is 40.3. The van der Waals surface area contributed by atoms with Crippen molar-refractivity contribution in [1.29, 1.82) is 0 Å². The van der Waals surface area contributed by atoms with Crippen LogP contribution in [0, 0.1) is 6.92 Å². The molecule has 31 heavy (non-hydrogen) atoms. The second-order valence-corrected chi connectivity index (χ2v) is 7.19. The van der Waals surface area contributed by atoms with Crippen molar-refractivity contribution in [2.45, 2.75) is 19.6 Å². The number of benzene rings is 2. The van der Waals surface area contributed by atoms with Crippen LogP contribution in [-0.4, -0.2) is 26.8 Å². The Kier molecular flexibility index (Phi) is 6.51. The lowest BCUT2D eigenvalue weighted by molar-refractivity contribution is -0.137. The maximum atomic E-state index is 13.1. The van der Waals surface area contributed by atoms with Gasteiger partial charge in [-0.2, -0.15) is 13.2 Å². The third-order valence-electron chi connectivity index (χ3n) is 4.17. The number of nitrogens with zero attached hydrogens (tertiary/aromatic N) is 3. The largest absolute Gasteiger partial charge is 0.418 e. The van der Waals surface area contributed by atoms with Gasteiger partial charge in [-0.25, -0.2) is 4.68 Å². The number of para-hydroxylation sites is 1. The predicted octanol–water partition coefficient (Wildman–Crippen LogP) is 4.80. The average Bonchev–Trinajstić information content (AvgIpc) is 3.04. The zero-order valence-corrected chi connectivity index (χ0v) is 17.3. The zero-order chi connectivity index (χ0) is 22.8. The van der Waals surface area contributed by atoms with Crippen LogP contribution >= 0.6 is 23.2 Å². The predicted molar refractivity (Wildman–Crippen MR) is 109 cm³/mol. The average molecular weight is 472 g/mol. The summed E-state index contributed by atoms with van der Waals surface area (Å²) in [6, 6.07) is 9.10. The Hall–Kier alpha value is -3.11. The fourth-order valence-corrected chi connectivity index (χ4v) is 3.00. The first-order chi connectivity index (χ1) is 14.6. The Morgan fingerprint density at radius 2 is 1.77 bits per heavy atom. The molecule has 0 radical (unpaired) electrons. The van der Waals surface area contributed by atoms with E-state index in [2.05, 4.69) is 20.9 Å². The molecule has 12 heteroatoms. The summed E-state index contributed by atoms with van der Waals surface area (Å²) in [5.41, 5.74) is -0.951. The van der Waals surface area contributed by atoms with Crippen molar-refractivity contribution < 1.29 is 22.8 Å². The second-order valence-electron chi connectivity index (χ2n) is 6.35. The maximum Gasteiger partial charge on any atom is 0.418 e. The molecule has 0 saturated heterocycles. The van der Waals surface area contributed by atoms with E-state index in [1.165, 1.54) is 31.2 Å². The van der Waals surface area contributed by atoms with E-state index in [-0.39, 0.29) is 27.8 Å². The van der Waals surface area contributed by atoms with Gasteiger partial charge in [0.25, 0.3) is 5.91 Å². The number of anilines is 2. The van der Waals surface area contributed by atoms with Gasteiger partial charge in [0.1, 0.15) is 6.54 Å². The van der Waals surface area contributed by atoms with Gasteiger partial charge in [0.05, 0.1) is 27.7 Å². The van der Waals surface area contributed by atoms with Crippen LogP contribution in [0.5, 0.6) is 0 Å². The summed E-state index contributed by atoms with van der Waals surface area (Å²) in [5, 5.41) is 12.8. The minimum Gasteiger partial charge on any atom is -0.324 e. The molecule has 0 fully saturated rings. The summed E-state index contributed by atoms with van der Waals surface area (Å²) in [4.78, 5) is 24.8. The van der Waals surface area contributed by atoms with Crippen molar-refractivity contribution in [3.63, 3.8) is 0 Å². The number of carbonyl (C=O) groups excluding carboxylic acids is 2. The van der Waals surface area contributed by atoms with Crippen molar-refractivity contribution in [1.82, 2.24) is 15.0 Å². The van der Waals surface area contributed by atoms with E-state index < -0.39 is 30.1 Å². The van der Waals surface area contributed by atoms with Crippen molar-refractivity contribution in [2.24, 2.45) is 0 Å². The fraction of sp³-hybridized carbons (Fsp3) is 0.158. The van der Waals surface area contributed by atoms with Crippen LogP contribution in [-0.2, 0) is 17.5 Å². The number of amides is 2. The minimum atomic E-state index is -4.63. The molecule has 0 saturated carbocycles. The lowest BCUT2D eigenvalue weighted by atomic mass is 10.1. The van der Waals surface area contributed by atoms with Crippen molar-refractivity contribution >= 4 is 46.4 Å². The molecule has 2 aromatic carbocycles. The van der Waals surface area contributed by atoms with Gasteiger partial charge in [-0.15, -0.1) is 5.10 Å². The maximum absolute atomic E-state index is 13.1. The number of aromatic nitrogens is 3. The highest BCUT2D eigenvalue weighted by Crippen LogP contribution is 2.34. The van der Waals surface area contributed by atoms with Gasteiger partial charge in [0.2, 0.25) is 5.91 Å². The van der Waals surface area contributed by atoms with Crippen molar-refractivity contribution in [2.75, 3.05) is 10.6 Å². The van der Waals surface area contributed by atoms with Crippen LogP contribution in [0.1, 0.15) is 21.7 Å². The third-order valence-corrected chi connectivity index (χ3v) is 4.74. The monoisotopic (exact) mass is 471 g/mol. The van der Waals surface area contributed by atoms with Gasteiger partial charge in [-0.05, 0) is 37.3 Å². The van der Waals surface area contributed by atoms with Gasteiger partial charge < -0.3 is 10.6 Å². The second kappa shape index (κ2) is 8.94. The summed E-state index contributed by atoms with van der Waals surface area (Å²) in [5.74, 6) is -1.41. The molecule has 0 bridgehead atoms. The topological polar surface area (TPSA) is 88.9 Å². The van der Waals surface area contributed by atoms with E-state index in [0.717, 1.165) is 16.8 Å². The molecular weight excluding hydrogens is 458 g/mol. The highest BCUT2D eigenvalue weighted by atomic mass is 35.5. The Bertz CT molecular complexity index is 1150. The van der Waals surface area contributed by atoms with Gasteiger partial charge in [-0.3, -0.25) is 9.59 Å². The molecule has 2 N–H and O–H groups in total. The molecule has 0 aliphatic carbocycles. The van der Waals surface area contributed by atoms with E-state index in [9.17, 15) is 22.8 Å². The number of hydrogen-bond acceptors (Lipinski definition) is 4. The number of nitrogens with one attached hydrogen (secondary N) is 2. The Labute approximate surface area is 184 Å². The fourth-order valence-electron chi connectivity index (χ4n) is 2.66. The van der Waals surface area contributed by atoms with E-state index in [4.69, 9.17) is 23.2 Å². The highest BCUT2D eigenvalue weighted by Gasteiger charge is 2.33. The van der Waals surface area contributed by atoms with Crippen LogP contribution < -0.4 is 10.6 Å². The van der Waals surface area contributed by atoms with Crippen LogP contribution in [0.2, 0.25) is 10.0 Å². The number of halogens is 5. The van der Waals surface area contributed by atoms with E-state index >= 15 is 0 Å². The first-order valence-electron chi connectivity index (χ1n) is 8.69. The Balaban J connectivity index is 1.73. The number of rotatable bonds is 5. The lowest BCUT2D eigenvalue weighted by Crippen LogP contribution is -2.22. The number of alkyl halides is 3. The molecule has 0 unspecified atom stereocenters. The molecule has 0 aliphatic heterocycles. The molecule has 0 spiro atoms. The Morgan fingerprint density at radius 1 is 1.06 bits per heavy atom. The van der Waals surface area contributed by atoms with Crippen LogP contribution in [0.4, 0.5) is 24.5 Å². The molecular formula is C19H14Cl2F3N5O2. The van der Waals surface area contributed by atoms with Gasteiger partial charge in [-0.1, -0.05) is 40.5 Å². The summed E-state index contributed by atoms with van der Waals surface area (Å²) in [7, 11) is 0. The molecule has 7 nitrogen and oxygen atoms in total. The molecule has 0 aliphatic rings. The van der Waals surface area contributed by atoms with Gasteiger partial charge >= 0.3 is 6.18 Å². The molecule has 3 rings (SSSR count). The molecule has 3 aromatic rings. The third kappa shape index (κ3) is 5.33. The van der Waals surface area contributed by atoms with Gasteiger partial charge in [0, 0.05) is 5.02 Å². The normalized spacial score (nSPS) is 11.3. The first-order valence-corrected chi connectivity index (χ1v) is 9.44. The van der Waals surface area contributed by atoms with Gasteiger partial charge in [0.15, 0.2) is 5.69 Å². The van der Waals surface area contributed by atoms with Crippen LogP contribution in [0.25, 0.3) is 0 Å². The van der Waals surface area contributed by atoms with Crippen molar-refractivity contribution in [3.05, 3.63) is 69.5 Å². The van der Waals surface area contributed by atoms with E-state index in [1.54, 1.807) is 6.07 Å². The molecule has 2 amide bonds. The lowest BCUT2D eigenvalue weighted by Gasteiger charge is -2.13. The summed E-state index contributed by atoms with van der Waals surface area (Å²) in [6.07, 6.45) is -4.63. The van der Waals surface area contributed by atoms with Crippen LogP contribution in [0.15, 0.2) is 42.5 Å². The number of hydrogen-bond donors (Lipinski definition) is 2. The Morgan fingerprint density at radius 3 is 2.48 bits per heavy atom. The summed E-state index contributed by atoms with van der Waals surface area (Å²) in [6.45, 7) is 1.04.